The summed E-state index contributed by atoms with van der Waals surface area (Å²) in [6, 6.07) is 18.1. The average molecular weight is 545 g/mol. The Labute approximate surface area is 231 Å². The van der Waals surface area contributed by atoms with Gasteiger partial charge in [-0.1, -0.05) is 36.4 Å². The van der Waals surface area contributed by atoms with Crippen LogP contribution in [0.4, 0.5) is 8.78 Å². The SMILES string of the molecule is O=C1CCC(N2Cc3cc(CN4CCN(C(c5ccc(F)cc5)c5ccc(F)cc5)CC4)ccc3C2=O)C(=O)N1. The molecule has 1 N–H and O–H groups in total. The molecule has 0 spiro atoms. The van der Waals surface area contributed by atoms with Crippen molar-refractivity contribution >= 4 is 17.7 Å². The fourth-order valence-electron chi connectivity index (χ4n) is 6.07. The number of halogens is 2. The second-order valence-corrected chi connectivity index (χ2v) is 10.7. The molecule has 2 saturated heterocycles. The molecule has 3 heterocycles. The highest BCUT2D eigenvalue weighted by atomic mass is 19.1. The van der Waals surface area contributed by atoms with Crippen LogP contribution in [0.15, 0.2) is 66.7 Å². The number of nitrogens with one attached hydrogen (secondary N) is 1. The maximum absolute atomic E-state index is 13.6. The Morgan fingerprint density at radius 1 is 0.825 bits per heavy atom. The molecule has 3 aliphatic heterocycles. The number of benzene rings is 3. The van der Waals surface area contributed by atoms with Crippen molar-refractivity contribution < 1.29 is 23.2 Å². The van der Waals surface area contributed by atoms with Crippen LogP contribution in [-0.4, -0.2) is 64.6 Å². The number of rotatable bonds is 6. The number of imide groups is 1. The van der Waals surface area contributed by atoms with Crippen molar-refractivity contribution in [1.82, 2.24) is 20.0 Å². The monoisotopic (exact) mass is 544 g/mol. The first kappa shape index (κ1) is 26.3. The van der Waals surface area contributed by atoms with Gasteiger partial charge in [0.15, 0.2) is 0 Å². The van der Waals surface area contributed by atoms with Gasteiger partial charge in [-0.05, 0) is 59.0 Å². The predicted molar refractivity (Wildman–Crippen MR) is 144 cm³/mol. The van der Waals surface area contributed by atoms with E-state index in [1.54, 1.807) is 29.2 Å². The summed E-state index contributed by atoms with van der Waals surface area (Å²) in [6.07, 6.45) is 0.579. The molecule has 1 unspecified atom stereocenters. The van der Waals surface area contributed by atoms with E-state index in [0.717, 1.165) is 55.0 Å². The summed E-state index contributed by atoms with van der Waals surface area (Å²) in [7, 11) is 0. The van der Waals surface area contributed by atoms with Crippen molar-refractivity contribution in [1.29, 1.82) is 0 Å². The fraction of sp³-hybridized carbons (Fsp3) is 0.323. The molecule has 0 bridgehead atoms. The number of amides is 3. The smallest absolute Gasteiger partial charge is 0.255 e. The van der Waals surface area contributed by atoms with Gasteiger partial charge < -0.3 is 4.90 Å². The predicted octanol–water partition coefficient (Wildman–Crippen LogP) is 3.63. The molecule has 0 radical (unpaired) electrons. The van der Waals surface area contributed by atoms with Crippen molar-refractivity contribution in [3.8, 4) is 0 Å². The first-order chi connectivity index (χ1) is 19.4. The minimum Gasteiger partial charge on any atom is -0.322 e. The van der Waals surface area contributed by atoms with Crippen molar-refractivity contribution in [2.24, 2.45) is 0 Å². The third-order valence-corrected chi connectivity index (χ3v) is 8.14. The third-order valence-electron chi connectivity index (χ3n) is 8.14. The molecule has 9 heteroatoms. The summed E-state index contributed by atoms with van der Waals surface area (Å²) >= 11 is 0. The van der Waals surface area contributed by atoms with Crippen LogP contribution < -0.4 is 5.32 Å². The number of piperazine rings is 1. The fourth-order valence-corrected chi connectivity index (χ4v) is 6.07. The maximum Gasteiger partial charge on any atom is 0.255 e. The van der Waals surface area contributed by atoms with E-state index in [1.807, 2.05) is 18.2 Å². The lowest BCUT2D eigenvalue weighted by Crippen LogP contribution is -2.52. The van der Waals surface area contributed by atoms with Crippen molar-refractivity contribution in [2.75, 3.05) is 26.2 Å². The standard InChI is InChI=1S/C31H30F2N4O3/c32-24-6-2-21(3-7-24)29(22-4-8-25(33)9-5-22)36-15-13-35(14-16-36)18-20-1-10-26-23(17-20)19-37(31(26)40)27-11-12-28(38)34-30(27)39/h1-10,17,27,29H,11-16,18-19H2,(H,34,38,39). The highest BCUT2D eigenvalue weighted by molar-refractivity contribution is 6.05. The number of fused-ring (bicyclic) bond motifs is 1. The van der Waals surface area contributed by atoms with E-state index in [4.69, 9.17) is 0 Å². The van der Waals surface area contributed by atoms with E-state index in [2.05, 4.69) is 15.1 Å². The van der Waals surface area contributed by atoms with Gasteiger partial charge in [-0.15, -0.1) is 0 Å². The molecule has 2 fully saturated rings. The third kappa shape index (κ3) is 5.26. The second-order valence-electron chi connectivity index (χ2n) is 10.7. The quantitative estimate of drug-likeness (QED) is 0.480. The largest absolute Gasteiger partial charge is 0.322 e. The van der Waals surface area contributed by atoms with Crippen LogP contribution in [0.2, 0.25) is 0 Å². The number of carbonyl (C=O) groups excluding carboxylic acids is 3. The van der Waals surface area contributed by atoms with Crippen LogP contribution in [-0.2, 0) is 22.7 Å². The second kappa shape index (κ2) is 10.9. The Morgan fingerprint density at radius 2 is 1.45 bits per heavy atom. The summed E-state index contributed by atoms with van der Waals surface area (Å²) < 4.78 is 27.3. The van der Waals surface area contributed by atoms with E-state index < -0.39 is 11.9 Å². The molecule has 40 heavy (non-hydrogen) atoms. The van der Waals surface area contributed by atoms with Gasteiger partial charge in [-0.25, -0.2) is 8.78 Å². The highest BCUT2D eigenvalue weighted by Crippen LogP contribution is 2.31. The van der Waals surface area contributed by atoms with Gasteiger partial charge in [0.25, 0.3) is 5.91 Å². The Bertz CT molecular complexity index is 1390. The molecule has 6 rings (SSSR count). The molecular formula is C31H30F2N4O3. The first-order valence-electron chi connectivity index (χ1n) is 13.6. The van der Waals surface area contributed by atoms with E-state index >= 15 is 0 Å². The van der Waals surface area contributed by atoms with Gasteiger partial charge in [0.05, 0.1) is 6.04 Å². The van der Waals surface area contributed by atoms with Gasteiger partial charge in [-0.2, -0.15) is 0 Å². The van der Waals surface area contributed by atoms with Crippen LogP contribution in [0.25, 0.3) is 0 Å². The highest BCUT2D eigenvalue weighted by Gasteiger charge is 2.39. The van der Waals surface area contributed by atoms with Gasteiger partial charge in [-0.3, -0.25) is 29.5 Å². The molecule has 0 aliphatic carbocycles. The minimum absolute atomic E-state index is 0.104. The van der Waals surface area contributed by atoms with E-state index in [9.17, 15) is 23.2 Å². The first-order valence-corrected chi connectivity index (χ1v) is 13.6. The lowest BCUT2D eigenvalue weighted by molar-refractivity contribution is -0.136. The number of piperidine rings is 1. The normalized spacial score (nSPS) is 20.2. The Balaban J connectivity index is 1.12. The molecular weight excluding hydrogens is 514 g/mol. The number of carbonyl (C=O) groups is 3. The topological polar surface area (TPSA) is 73.0 Å². The summed E-state index contributed by atoms with van der Waals surface area (Å²) in [4.78, 5) is 43.1. The zero-order chi connectivity index (χ0) is 27.8. The van der Waals surface area contributed by atoms with Gasteiger partial charge in [0, 0.05) is 51.3 Å². The molecule has 206 valence electrons. The van der Waals surface area contributed by atoms with Gasteiger partial charge >= 0.3 is 0 Å². The van der Waals surface area contributed by atoms with Crippen molar-refractivity contribution in [2.45, 2.75) is 38.0 Å². The molecule has 1 atom stereocenters. The van der Waals surface area contributed by atoms with Gasteiger partial charge in [0.1, 0.15) is 17.7 Å². The van der Waals surface area contributed by atoms with E-state index in [0.29, 0.717) is 18.5 Å². The van der Waals surface area contributed by atoms with Gasteiger partial charge in [0.2, 0.25) is 11.8 Å². The zero-order valence-corrected chi connectivity index (χ0v) is 22.0. The lowest BCUT2D eigenvalue weighted by atomic mass is 9.96. The molecule has 0 saturated carbocycles. The molecule has 3 amide bonds. The van der Waals surface area contributed by atoms with Crippen LogP contribution in [0.1, 0.15) is 51.5 Å². The Kier molecular flexibility index (Phi) is 7.16. The molecule has 3 aliphatic rings. The van der Waals surface area contributed by atoms with Crippen LogP contribution in [0.3, 0.4) is 0 Å². The lowest BCUT2D eigenvalue weighted by Gasteiger charge is -2.40. The summed E-state index contributed by atoms with van der Waals surface area (Å²) in [6.45, 7) is 4.29. The van der Waals surface area contributed by atoms with Crippen molar-refractivity contribution in [3.05, 3.63) is 106 Å². The summed E-state index contributed by atoms with van der Waals surface area (Å²) in [5, 5.41) is 2.34. The van der Waals surface area contributed by atoms with E-state index in [-0.39, 0.29) is 35.9 Å². The van der Waals surface area contributed by atoms with Crippen LogP contribution in [0, 0.1) is 11.6 Å². The Morgan fingerprint density at radius 3 is 2.05 bits per heavy atom. The number of nitrogens with zero attached hydrogens (tertiary/aromatic N) is 3. The van der Waals surface area contributed by atoms with Crippen molar-refractivity contribution in [3.63, 3.8) is 0 Å². The average Bonchev–Trinajstić information content (AvgIpc) is 3.27. The summed E-state index contributed by atoms with van der Waals surface area (Å²) in [5.74, 6) is -1.45. The molecule has 7 nitrogen and oxygen atoms in total. The molecule has 3 aromatic rings. The molecule has 0 aromatic heterocycles. The minimum atomic E-state index is -0.621. The summed E-state index contributed by atoms with van der Waals surface area (Å²) in [5.41, 5.74) is 4.53. The molecule has 3 aromatic carbocycles. The number of hydrogen-bond donors (Lipinski definition) is 1. The van der Waals surface area contributed by atoms with Crippen LogP contribution >= 0.6 is 0 Å². The zero-order valence-electron chi connectivity index (χ0n) is 22.0. The number of hydrogen-bond acceptors (Lipinski definition) is 5. The maximum atomic E-state index is 13.6. The Hall–Kier alpha value is -3.95. The van der Waals surface area contributed by atoms with Crippen LogP contribution in [0.5, 0.6) is 0 Å². The van der Waals surface area contributed by atoms with E-state index in [1.165, 1.54) is 24.3 Å².